The minimum atomic E-state index is 0.695. The van der Waals surface area contributed by atoms with Gasteiger partial charge in [0.25, 0.3) is 0 Å². The standard InChI is InChI=1S/C16H27N3/c1-3-8-15-10-5-6-12-19(15)16-11-7-9-14(18-16)13-17-4-2/h7,9,11,15,17H,3-6,8,10,12-13H2,1-2H3. The summed E-state index contributed by atoms with van der Waals surface area (Å²) in [6.45, 7) is 7.45. The van der Waals surface area contributed by atoms with Crippen molar-refractivity contribution in [1.82, 2.24) is 10.3 Å². The minimum absolute atomic E-state index is 0.695. The second kappa shape index (κ2) is 7.49. The molecular weight excluding hydrogens is 234 g/mol. The highest BCUT2D eigenvalue weighted by Crippen LogP contribution is 2.25. The molecule has 1 atom stereocenters. The molecule has 1 aliphatic heterocycles. The molecule has 106 valence electrons. The zero-order chi connectivity index (χ0) is 13.5. The van der Waals surface area contributed by atoms with E-state index in [1.54, 1.807) is 0 Å². The van der Waals surface area contributed by atoms with Crippen LogP contribution in [0.15, 0.2) is 18.2 Å². The average molecular weight is 261 g/mol. The maximum atomic E-state index is 4.83. The fourth-order valence-electron chi connectivity index (χ4n) is 2.91. The Morgan fingerprint density at radius 3 is 3.00 bits per heavy atom. The van der Waals surface area contributed by atoms with Crippen LogP contribution in [0, 0.1) is 0 Å². The summed E-state index contributed by atoms with van der Waals surface area (Å²) in [5, 5.41) is 3.35. The van der Waals surface area contributed by atoms with Gasteiger partial charge in [0.15, 0.2) is 0 Å². The lowest BCUT2D eigenvalue weighted by molar-refractivity contribution is 0.431. The predicted octanol–water partition coefficient (Wildman–Crippen LogP) is 3.35. The molecule has 19 heavy (non-hydrogen) atoms. The third-order valence-corrected chi connectivity index (χ3v) is 3.89. The molecule has 3 nitrogen and oxygen atoms in total. The molecular formula is C16H27N3. The maximum absolute atomic E-state index is 4.83. The van der Waals surface area contributed by atoms with E-state index in [4.69, 9.17) is 4.98 Å². The molecule has 0 amide bonds. The molecule has 0 spiro atoms. The number of hydrogen-bond donors (Lipinski definition) is 1. The Balaban J connectivity index is 2.09. The van der Waals surface area contributed by atoms with Gasteiger partial charge in [-0.3, -0.25) is 0 Å². The Kier molecular flexibility index (Phi) is 5.64. The van der Waals surface area contributed by atoms with Crippen LogP contribution in [0.3, 0.4) is 0 Å². The zero-order valence-electron chi connectivity index (χ0n) is 12.4. The van der Waals surface area contributed by atoms with Crippen molar-refractivity contribution >= 4 is 5.82 Å². The van der Waals surface area contributed by atoms with Crippen LogP contribution in [0.25, 0.3) is 0 Å². The SMILES string of the molecule is CCCC1CCCCN1c1cccc(CNCC)n1. The third-order valence-electron chi connectivity index (χ3n) is 3.89. The molecule has 2 heterocycles. The van der Waals surface area contributed by atoms with Crippen molar-refractivity contribution in [3.8, 4) is 0 Å². The van der Waals surface area contributed by atoms with Crippen LogP contribution in [0.5, 0.6) is 0 Å². The van der Waals surface area contributed by atoms with Crippen LogP contribution >= 0.6 is 0 Å². The van der Waals surface area contributed by atoms with E-state index in [9.17, 15) is 0 Å². The molecule has 0 saturated carbocycles. The van der Waals surface area contributed by atoms with Crippen LogP contribution in [-0.4, -0.2) is 24.1 Å². The van der Waals surface area contributed by atoms with Gasteiger partial charge in [0.05, 0.1) is 5.69 Å². The number of aromatic nitrogens is 1. The smallest absolute Gasteiger partial charge is 0.129 e. The quantitative estimate of drug-likeness (QED) is 0.851. The summed E-state index contributed by atoms with van der Waals surface area (Å²) < 4.78 is 0. The van der Waals surface area contributed by atoms with Gasteiger partial charge in [0.2, 0.25) is 0 Å². The Bertz CT molecular complexity index is 376. The second-order valence-electron chi connectivity index (χ2n) is 5.40. The van der Waals surface area contributed by atoms with Crippen molar-refractivity contribution in [3.05, 3.63) is 23.9 Å². The molecule has 3 heteroatoms. The fraction of sp³-hybridized carbons (Fsp3) is 0.688. The molecule has 2 rings (SSSR count). The highest BCUT2D eigenvalue weighted by atomic mass is 15.2. The summed E-state index contributed by atoms with van der Waals surface area (Å²) in [5.41, 5.74) is 1.15. The van der Waals surface area contributed by atoms with Gasteiger partial charge in [0, 0.05) is 19.1 Å². The highest BCUT2D eigenvalue weighted by Gasteiger charge is 2.22. The zero-order valence-corrected chi connectivity index (χ0v) is 12.4. The van der Waals surface area contributed by atoms with E-state index in [0.29, 0.717) is 6.04 Å². The minimum Gasteiger partial charge on any atom is -0.354 e. The first-order valence-electron chi connectivity index (χ1n) is 7.78. The van der Waals surface area contributed by atoms with E-state index in [2.05, 4.69) is 42.3 Å². The van der Waals surface area contributed by atoms with E-state index in [-0.39, 0.29) is 0 Å². The molecule has 0 bridgehead atoms. The number of rotatable bonds is 6. The number of pyridine rings is 1. The largest absolute Gasteiger partial charge is 0.354 e. The van der Waals surface area contributed by atoms with Crippen molar-refractivity contribution in [3.63, 3.8) is 0 Å². The molecule has 1 aromatic rings. The molecule has 1 aliphatic rings. The van der Waals surface area contributed by atoms with E-state index in [1.807, 2.05) is 0 Å². The molecule has 1 fully saturated rings. The Hall–Kier alpha value is -1.09. The number of hydrogen-bond acceptors (Lipinski definition) is 3. The van der Waals surface area contributed by atoms with Crippen LogP contribution in [0.4, 0.5) is 5.82 Å². The van der Waals surface area contributed by atoms with Gasteiger partial charge in [-0.05, 0) is 44.4 Å². The second-order valence-corrected chi connectivity index (χ2v) is 5.40. The van der Waals surface area contributed by atoms with Crippen molar-refractivity contribution in [1.29, 1.82) is 0 Å². The summed E-state index contributed by atoms with van der Waals surface area (Å²) >= 11 is 0. The lowest BCUT2D eigenvalue weighted by Crippen LogP contribution is -2.40. The molecule has 1 saturated heterocycles. The normalized spacial score (nSPS) is 19.7. The van der Waals surface area contributed by atoms with Gasteiger partial charge in [-0.15, -0.1) is 0 Å². The van der Waals surface area contributed by atoms with Crippen molar-refractivity contribution in [2.75, 3.05) is 18.0 Å². The van der Waals surface area contributed by atoms with Gasteiger partial charge in [-0.2, -0.15) is 0 Å². The molecule has 0 radical (unpaired) electrons. The van der Waals surface area contributed by atoms with Gasteiger partial charge < -0.3 is 10.2 Å². The summed E-state index contributed by atoms with van der Waals surface area (Å²) in [4.78, 5) is 7.36. The monoisotopic (exact) mass is 261 g/mol. The summed E-state index contributed by atoms with van der Waals surface area (Å²) in [5.74, 6) is 1.17. The third kappa shape index (κ3) is 3.93. The van der Waals surface area contributed by atoms with E-state index < -0.39 is 0 Å². The van der Waals surface area contributed by atoms with Gasteiger partial charge in [-0.25, -0.2) is 4.98 Å². The van der Waals surface area contributed by atoms with Gasteiger partial charge in [0.1, 0.15) is 5.82 Å². The fourth-order valence-corrected chi connectivity index (χ4v) is 2.91. The van der Waals surface area contributed by atoms with E-state index in [1.165, 1.54) is 44.5 Å². The van der Waals surface area contributed by atoms with Crippen LogP contribution in [0.2, 0.25) is 0 Å². The van der Waals surface area contributed by atoms with E-state index >= 15 is 0 Å². The number of piperidine rings is 1. The summed E-state index contributed by atoms with van der Waals surface area (Å²) in [7, 11) is 0. The number of nitrogens with zero attached hydrogens (tertiary/aromatic N) is 2. The molecule has 1 unspecified atom stereocenters. The van der Waals surface area contributed by atoms with Crippen molar-refractivity contribution in [2.45, 2.75) is 58.5 Å². The molecule has 1 aromatic heterocycles. The first kappa shape index (κ1) is 14.3. The van der Waals surface area contributed by atoms with Crippen LogP contribution in [0.1, 0.15) is 51.6 Å². The first-order valence-corrected chi connectivity index (χ1v) is 7.78. The number of nitrogens with one attached hydrogen (secondary N) is 1. The summed E-state index contributed by atoms with van der Waals surface area (Å²) in [6, 6.07) is 7.13. The van der Waals surface area contributed by atoms with Crippen LogP contribution < -0.4 is 10.2 Å². The van der Waals surface area contributed by atoms with Crippen molar-refractivity contribution in [2.24, 2.45) is 0 Å². The van der Waals surface area contributed by atoms with E-state index in [0.717, 1.165) is 18.8 Å². The van der Waals surface area contributed by atoms with Crippen LogP contribution in [-0.2, 0) is 6.54 Å². The van der Waals surface area contributed by atoms with Gasteiger partial charge in [-0.1, -0.05) is 26.3 Å². The Morgan fingerprint density at radius 2 is 2.21 bits per heavy atom. The average Bonchev–Trinajstić information content (AvgIpc) is 2.46. The molecule has 0 aromatic carbocycles. The first-order chi connectivity index (χ1) is 9.35. The Labute approximate surface area is 117 Å². The Morgan fingerprint density at radius 1 is 1.32 bits per heavy atom. The lowest BCUT2D eigenvalue weighted by atomic mass is 9.98. The predicted molar refractivity (Wildman–Crippen MR) is 81.5 cm³/mol. The summed E-state index contributed by atoms with van der Waals surface area (Å²) in [6.07, 6.45) is 6.56. The van der Waals surface area contributed by atoms with Gasteiger partial charge >= 0.3 is 0 Å². The number of anilines is 1. The highest BCUT2D eigenvalue weighted by molar-refractivity contribution is 5.41. The molecule has 0 aliphatic carbocycles. The maximum Gasteiger partial charge on any atom is 0.129 e. The molecule has 1 N–H and O–H groups in total. The topological polar surface area (TPSA) is 28.2 Å². The van der Waals surface area contributed by atoms with Crippen molar-refractivity contribution < 1.29 is 0 Å². The lowest BCUT2D eigenvalue weighted by Gasteiger charge is -2.37.